The Morgan fingerprint density at radius 3 is 3.05 bits per heavy atom. The molecule has 1 aromatic carbocycles. The van der Waals surface area contributed by atoms with E-state index in [9.17, 15) is 4.79 Å². The van der Waals surface area contributed by atoms with E-state index in [1.54, 1.807) is 6.07 Å². The normalized spacial score (nSPS) is 20.8. The minimum Gasteiger partial charge on any atom is -0.488 e. The molecule has 1 amide bonds. The number of nitrogens with zero attached hydrogens (tertiary/aromatic N) is 1. The number of carbonyl (C=O) groups excluding carboxylic acids is 1. The first-order valence-electron chi connectivity index (χ1n) is 6.80. The summed E-state index contributed by atoms with van der Waals surface area (Å²) in [7, 11) is 0. The molecule has 1 atom stereocenters. The lowest BCUT2D eigenvalue weighted by molar-refractivity contribution is -0.130. The van der Waals surface area contributed by atoms with Crippen molar-refractivity contribution in [3.05, 3.63) is 34.4 Å². The number of halogens is 2. The predicted octanol–water partition coefficient (Wildman–Crippen LogP) is 2.36. The van der Waals surface area contributed by atoms with Crippen LogP contribution in [0.2, 0.25) is 5.02 Å². The molecular formula is C15H18Cl2N2O2. The largest absolute Gasteiger partial charge is 0.488 e. The highest BCUT2D eigenvalue weighted by molar-refractivity contribution is 6.30. The monoisotopic (exact) mass is 328 g/mol. The van der Waals surface area contributed by atoms with Crippen molar-refractivity contribution in [3.63, 3.8) is 0 Å². The molecule has 2 heterocycles. The lowest BCUT2D eigenvalue weighted by Crippen LogP contribution is -2.53. The maximum atomic E-state index is 12.6. The van der Waals surface area contributed by atoms with Crippen molar-refractivity contribution >= 4 is 36.0 Å². The van der Waals surface area contributed by atoms with Crippen molar-refractivity contribution in [3.8, 4) is 5.75 Å². The van der Waals surface area contributed by atoms with Gasteiger partial charge in [-0.2, -0.15) is 0 Å². The van der Waals surface area contributed by atoms with E-state index in [4.69, 9.17) is 16.3 Å². The Morgan fingerprint density at radius 1 is 1.48 bits per heavy atom. The van der Waals surface area contributed by atoms with Crippen LogP contribution < -0.4 is 10.1 Å². The van der Waals surface area contributed by atoms with Crippen LogP contribution in [0.1, 0.15) is 12.5 Å². The zero-order chi connectivity index (χ0) is 14.1. The maximum absolute atomic E-state index is 12.6. The van der Waals surface area contributed by atoms with Gasteiger partial charge >= 0.3 is 0 Å². The summed E-state index contributed by atoms with van der Waals surface area (Å²) >= 11 is 5.99. The Bertz CT molecular complexity index is 575. The van der Waals surface area contributed by atoms with Crippen LogP contribution in [0, 0.1) is 0 Å². The third-order valence-corrected chi connectivity index (χ3v) is 3.96. The summed E-state index contributed by atoms with van der Waals surface area (Å²) in [5.41, 5.74) is 1.56. The lowest BCUT2D eigenvalue weighted by atomic mass is 10.1. The third kappa shape index (κ3) is 3.34. The highest BCUT2D eigenvalue weighted by Crippen LogP contribution is 2.29. The van der Waals surface area contributed by atoms with Crippen molar-refractivity contribution in [2.75, 3.05) is 26.2 Å². The number of nitrogens with one attached hydrogen (secondary N) is 1. The van der Waals surface area contributed by atoms with Gasteiger partial charge in [-0.05, 0) is 31.2 Å². The number of ether oxygens (including phenoxy) is 1. The Balaban J connectivity index is 0.00000161. The summed E-state index contributed by atoms with van der Waals surface area (Å²) in [5.74, 6) is 0.837. The number of rotatable bonds is 1. The molecule has 0 aromatic heterocycles. The van der Waals surface area contributed by atoms with Gasteiger partial charge in [0.1, 0.15) is 12.4 Å². The number of hydrogen-bond donors (Lipinski definition) is 1. The number of amides is 1. The van der Waals surface area contributed by atoms with Crippen LogP contribution >= 0.6 is 24.0 Å². The van der Waals surface area contributed by atoms with Gasteiger partial charge in [0.05, 0.1) is 5.57 Å². The maximum Gasteiger partial charge on any atom is 0.253 e. The minimum absolute atomic E-state index is 0. The highest BCUT2D eigenvalue weighted by atomic mass is 35.5. The van der Waals surface area contributed by atoms with Crippen molar-refractivity contribution in [1.29, 1.82) is 0 Å². The standard InChI is InChI=1S/C15H17ClN2O2.ClH/c1-10-8-17-4-5-18(10)15(19)12-6-11-7-13(16)2-3-14(11)20-9-12;/h2-3,6-7,10,17H,4-5,8-9H2,1H3;1H/t10-;/m1./s1. The van der Waals surface area contributed by atoms with Crippen LogP contribution in [-0.4, -0.2) is 43.1 Å². The van der Waals surface area contributed by atoms with Gasteiger partial charge in [0, 0.05) is 36.3 Å². The molecule has 1 saturated heterocycles. The first-order chi connectivity index (χ1) is 9.65. The SMILES string of the molecule is C[C@@H]1CNCCN1C(=O)C1=Cc2cc(Cl)ccc2OC1.Cl. The number of benzene rings is 1. The smallest absolute Gasteiger partial charge is 0.253 e. The first kappa shape index (κ1) is 16.1. The molecule has 1 aromatic rings. The van der Waals surface area contributed by atoms with Gasteiger partial charge in [0.25, 0.3) is 5.91 Å². The summed E-state index contributed by atoms with van der Waals surface area (Å²) in [6, 6.07) is 5.66. The van der Waals surface area contributed by atoms with Gasteiger partial charge in [-0.25, -0.2) is 0 Å². The topological polar surface area (TPSA) is 41.6 Å². The second-order valence-corrected chi connectivity index (χ2v) is 5.63. The second kappa shape index (κ2) is 6.69. The zero-order valence-corrected chi connectivity index (χ0v) is 13.3. The van der Waals surface area contributed by atoms with Crippen molar-refractivity contribution in [2.24, 2.45) is 0 Å². The van der Waals surface area contributed by atoms with E-state index >= 15 is 0 Å². The molecule has 6 heteroatoms. The summed E-state index contributed by atoms with van der Waals surface area (Å²) < 4.78 is 5.65. The fourth-order valence-corrected chi connectivity index (χ4v) is 2.78. The van der Waals surface area contributed by atoms with E-state index in [1.807, 2.05) is 23.1 Å². The van der Waals surface area contributed by atoms with Gasteiger partial charge in [0.2, 0.25) is 0 Å². The molecular weight excluding hydrogens is 311 g/mol. The quantitative estimate of drug-likeness (QED) is 0.860. The van der Waals surface area contributed by atoms with Gasteiger partial charge in [0.15, 0.2) is 0 Å². The van der Waals surface area contributed by atoms with E-state index < -0.39 is 0 Å². The van der Waals surface area contributed by atoms with Crippen LogP contribution in [0.25, 0.3) is 6.08 Å². The molecule has 0 radical (unpaired) electrons. The fourth-order valence-electron chi connectivity index (χ4n) is 2.60. The predicted molar refractivity (Wildman–Crippen MR) is 86.2 cm³/mol. The number of carbonyl (C=O) groups is 1. The summed E-state index contributed by atoms with van der Waals surface area (Å²) in [5, 5.41) is 3.93. The van der Waals surface area contributed by atoms with Gasteiger partial charge in [-0.1, -0.05) is 11.6 Å². The molecule has 2 aliphatic heterocycles. The highest BCUT2D eigenvalue weighted by Gasteiger charge is 2.27. The molecule has 21 heavy (non-hydrogen) atoms. The van der Waals surface area contributed by atoms with Crippen LogP contribution in [-0.2, 0) is 4.79 Å². The molecule has 0 aliphatic carbocycles. The average Bonchev–Trinajstić information content (AvgIpc) is 2.46. The van der Waals surface area contributed by atoms with Crippen molar-refractivity contribution in [2.45, 2.75) is 13.0 Å². The summed E-state index contributed by atoms with van der Waals surface area (Å²) in [6.07, 6.45) is 1.89. The Hall–Kier alpha value is -1.23. The Labute approximate surface area is 135 Å². The molecule has 4 nitrogen and oxygen atoms in total. The molecule has 1 fully saturated rings. The van der Waals surface area contributed by atoms with Gasteiger partial charge < -0.3 is 15.0 Å². The second-order valence-electron chi connectivity index (χ2n) is 5.19. The number of fused-ring (bicyclic) bond motifs is 1. The first-order valence-corrected chi connectivity index (χ1v) is 7.17. The summed E-state index contributed by atoms with van der Waals surface area (Å²) in [4.78, 5) is 14.5. The molecule has 0 saturated carbocycles. The molecule has 0 bridgehead atoms. The van der Waals surface area contributed by atoms with Crippen molar-refractivity contribution < 1.29 is 9.53 Å². The van der Waals surface area contributed by atoms with Crippen LogP contribution in [0.15, 0.2) is 23.8 Å². The van der Waals surface area contributed by atoms with Gasteiger partial charge in [-0.15, -0.1) is 12.4 Å². The molecule has 0 unspecified atom stereocenters. The lowest BCUT2D eigenvalue weighted by Gasteiger charge is -2.35. The molecule has 2 aliphatic rings. The van der Waals surface area contributed by atoms with Crippen LogP contribution in [0.5, 0.6) is 5.75 Å². The van der Waals surface area contributed by atoms with Crippen LogP contribution in [0.4, 0.5) is 0 Å². The van der Waals surface area contributed by atoms with E-state index in [1.165, 1.54) is 0 Å². The fraction of sp³-hybridized carbons (Fsp3) is 0.400. The van der Waals surface area contributed by atoms with Crippen LogP contribution in [0.3, 0.4) is 0 Å². The zero-order valence-electron chi connectivity index (χ0n) is 11.8. The summed E-state index contributed by atoms with van der Waals surface area (Å²) in [6.45, 7) is 4.79. The van der Waals surface area contributed by atoms with E-state index in [-0.39, 0.29) is 24.4 Å². The Kier molecular flexibility index (Phi) is 5.14. The third-order valence-electron chi connectivity index (χ3n) is 3.72. The number of hydrogen-bond acceptors (Lipinski definition) is 3. The molecule has 3 rings (SSSR count). The average molecular weight is 329 g/mol. The van der Waals surface area contributed by atoms with E-state index in [0.717, 1.165) is 30.9 Å². The molecule has 114 valence electrons. The van der Waals surface area contributed by atoms with E-state index in [0.29, 0.717) is 17.2 Å². The minimum atomic E-state index is 0. The molecule has 0 spiro atoms. The van der Waals surface area contributed by atoms with E-state index in [2.05, 4.69) is 12.2 Å². The Morgan fingerprint density at radius 2 is 2.29 bits per heavy atom. The molecule has 1 N–H and O–H groups in total. The van der Waals surface area contributed by atoms with Gasteiger partial charge in [-0.3, -0.25) is 4.79 Å². The van der Waals surface area contributed by atoms with Crippen molar-refractivity contribution in [1.82, 2.24) is 10.2 Å². The number of piperazine rings is 1.